The number of carbonyl (C=O) groups is 2. The number of likely N-dealkylation sites (N-methyl/N-ethyl adjacent to an activating group) is 1. The highest BCUT2D eigenvalue weighted by molar-refractivity contribution is 5.95. The van der Waals surface area contributed by atoms with Gasteiger partial charge < -0.3 is 20.1 Å². The second-order valence-corrected chi connectivity index (χ2v) is 7.24. The van der Waals surface area contributed by atoms with Crippen LogP contribution in [0.25, 0.3) is 0 Å². The Kier molecular flexibility index (Phi) is 5.89. The predicted octanol–water partition coefficient (Wildman–Crippen LogP) is 1.63. The zero-order valence-electron chi connectivity index (χ0n) is 15.5. The third-order valence-corrected chi connectivity index (χ3v) is 3.76. The van der Waals surface area contributed by atoms with Gasteiger partial charge >= 0.3 is 0 Å². The smallest absolute Gasteiger partial charge is 0.241 e. The molecule has 0 saturated heterocycles. The number of nitrogens with zero attached hydrogens (tertiary/aromatic N) is 1. The van der Waals surface area contributed by atoms with Crippen LogP contribution in [-0.4, -0.2) is 55.1 Å². The summed E-state index contributed by atoms with van der Waals surface area (Å²) in [7, 11) is 1.75. The minimum absolute atomic E-state index is 0.117. The second-order valence-electron chi connectivity index (χ2n) is 7.24. The quantitative estimate of drug-likeness (QED) is 0.845. The van der Waals surface area contributed by atoms with Crippen molar-refractivity contribution in [2.75, 3.05) is 32.1 Å². The molecule has 0 unspecified atom stereocenters. The van der Waals surface area contributed by atoms with Crippen LogP contribution in [0.1, 0.15) is 27.7 Å². The van der Waals surface area contributed by atoms with Crippen LogP contribution >= 0.6 is 0 Å². The molecule has 7 heteroatoms. The number of carbonyl (C=O) groups excluding carboxylic acids is 2. The summed E-state index contributed by atoms with van der Waals surface area (Å²) in [6, 6.07) is 4.82. The summed E-state index contributed by atoms with van der Waals surface area (Å²) in [5, 5.41) is 5.73. The van der Waals surface area contributed by atoms with Gasteiger partial charge in [-0.05, 0) is 46.9 Å². The molecule has 0 fully saturated rings. The topological polar surface area (TPSA) is 79.9 Å². The van der Waals surface area contributed by atoms with Crippen LogP contribution in [0.3, 0.4) is 0 Å². The fraction of sp³-hybridized carbons (Fsp3) is 0.556. The maximum Gasteiger partial charge on any atom is 0.241 e. The number of ether oxygens (including phenoxy) is 2. The van der Waals surface area contributed by atoms with Crippen molar-refractivity contribution >= 4 is 17.5 Å². The molecule has 1 aromatic rings. The molecule has 25 heavy (non-hydrogen) atoms. The minimum Gasteiger partial charge on any atom is -0.486 e. The highest BCUT2D eigenvalue weighted by Gasteiger charge is 2.22. The summed E-state index contributed by atoms with van der Waals surface area (Å²) < 4.78 is 11.0. The van der Waals surface area contributed by atoms with E-state index in [1.165, 1.54) is 0 Å². The summed E-state index contributed by atoms with van der Waals surface area (Å²) in [6.45, 7) is 8.68. The Morgan fingerprint density at radius 3 is 2.48 bits per heavy atom. The zero-order valence-corrected chi connectivity index (χ0v) is 15.5. The monoisotopic (exact) mass is 349 g/mol. The van der Waals surface area contributed by atoms with E-state index in [1.807, 2.05) is 20.8 Å². The zero-order chi connectivity index (χ0) is 18.6. The maximum atomic E-state index is 12.4. The Morgan fingerprint density at radius 2 is 1.84 bits per heavy atom. The number of hydrogen-bond donors (Lipinski definition) is 2. The summed E-state index contributed by atoms with van der Waals surface area (Å²) >= 11 is 0. The largest absolute Gasteiger partial charge is 0.486 e. The van der Waals surface area contributed by atoms with Gasteiger partial charge in [-0.25, -0.2) is 0 Å². The van der Waals surface area contributed by atoms with Gasteiger partial charge in [0, 0.05) is 17.3 Å². The fourth-order valence-electron chi connectivity index (χ4n) is 2.39. The number of benzene rings is 1. The Bertz CT molecular complexity index is 640. The highest BCUT2D eigenvalue weighted by atomic mass is 16.6. The van der Waals surface area contributed by atoms with Gasteiger partial charge in [0.1, 0.15) is 13.2 Å². The Labute approximate surface area is 148 Å². The average Bonchev–Trinajstić information content (AvgIpc) is 2.52. The molecule has 1 aliphatic heterocycles. The number of rotatable bonds is 5. The van der Waals surface area contributed by atoms with Crippen molar-refractivity contribution in [3.63, 3.8) is 0 Å². The van der Waals surface area contributed by atoms with Crippen LogP contribution < -0.4 is 20.1 Å². The van der Waals surface area contributed by atoms with Crippen LogP contribution in [0.2, 0.25) is 0 Å². The Balaban J connectivity index is 1.92. The fourth-order valence-corrected chi connectivity index (χ4v) is 2.39. The summed E-state index contributed by atoms with van der Waals surface area (Å²) in [5.41, 5.74) is 0.336. The summed E-state index contributed by atoms with van der Waals surface area (Å²) in [6.07, 6.45) is 0. The van der Waals surface area contributed by atoms with Gasteiger partial charge in [0.2, 0.25) is 11.8 Å². The van der Waals surface area contributed by atoms with Crippen molar-refractivity contribution in [2.24, 2.45) is 0 Å². The molecule has 0 aromatic heterocycles. The SMILES string of the molecule is C[C@@H](C(=O)Nc1ccc2c(c1)OCCO2)N(C)CC(=O)NC(C)(C)C. The first-order valence-corrected chi connectivity index (χ1v) is 8.37. The number of anilines is 1. The molecule has 1 aliphatic rings. The van der Waals surface area contributed by atoms with Gasteiger partial charge in [0.05, 0.1) is 12.6 Å². The molecular formula is C18H27N3O4. The maximum absolute atomic E-state index is 12.4. The van der Waals surface area contributed by atoms with Gasteiger partial charge in [0.15, 0.2) is 11.5 Å². The molecule has 138 valence electrons. The molecule has 2 N–H and O–H groups in total. The number of hydrogen-bond acceptors (Lipinski definition) is 5. The number of fused-ring (bicyclic) bond motifs is 1. The second kappa shape index (κ2) is 7.74. The molecule has 0 aliphatic carbocycles. The first kappa shape index (κ1) is 19.1. The normalized spacial score (nSPS) is 14.8. The van der Waals surface area contributed by atoms with E-state index in [9.17, 15) is 9.59 Å². The molecule has 2 amide bonds. The molecule has 0 spiro atoms. The standard InChI is InChI=1S/C18H27N3O4/c1-12(21(5)11-16(22)20-18(2,3)4)17(23)19-13-6-7-14-15(10-13)25-9-8-24-14/h6-7,10,12H,8-9,11H2,1-5H3,(H,19,23)(H,20,22)/t12-/m0/s1. The summed E-state index contributed by atoms with van der Waals surface area (Å²) in [4.78, 5) is 26.1. The van der Waals surface area contributed by atoms with E-state index in [-0.39, 0.29) is 23.9 Å². The van der Waals surface area contributed by atoms with Crippen LogP contribution in [0, 0.1) is 0 Å². The minimum atomic E-state index is -0.459. The first-order valence-electron chi connectivity index (χ1n) is 8.37. The van der Waals surface area contributed by atoms with Gasteiger partial charge in [-0.3, -0.25) is 14.5 Å². The molecule has 0 bridgehead atoms. The van der Waals surface area contributed by atoms with Crippen molar-refractivity contribution in [3.05, 3.63) is 18.2 Å². The molecule has 7 nitrogen and oxygen atoms in total. The van der Waals surface area contributed by atoms with Crippen LogP contribution in [0.5, 0.6) is 11.5 Å². The van der Waals surface area contributed by atoms with Crippen molar-refractivity contribution in [1.82, 2.24) is 10.2 Å². The van der Waals surface area contributed by atoms with Gasteiger partial charge in [-0.15, -0.1) is 0 Å². The lowest BCUT2D eigenvalue weighted by Crippen LogP contribution is -2.49. The average molecular weight is 349 g/mol. The lowest BCUT2D eigenvalue weighted by atomic mass is 10.1. The van der Waals surface area contributed by atoms with E-state index < -0.39 is 6.04 Å². The first-order chi connectivity index (χ1) is 11.7. The van der Waals surface area contributed by atoms with Crippen molar-refractivity contribution in [2.45, 2.75) is 39.3 Å². The Hall–Kier alpha value is -2.28. The van der Waals surface area contributed by atoms with E-state index in [4.69, 9.17) is 9.47 Å². The Morgan fingerprint density at radius 1 is 1.20 bits per heavy atom. The van der Waals surface area contributed by atoms with Crippen molar-refractivity contribution in [1.29, 1.82) is 0 Å². The molecule has 1 heterocycles. The van der Waals surface area contributed by atoms with E-state index in [0.29, 0.717) is 30.4 Å². The molecule has 1 aromatic carbocycles. The molecular weight excluding hydrogens is 322 g/mol. The van der Waals surface area contributed by atoms with Gasteiger partial charge in [-0.2, -0.15) is 0 Å². The van der Waals surface area contributed by atoms with E-state index in [2.05, 4.69) is 10.6 Å². The van der Waals surface area contributed by atoms with Crippen LogP contribution in [0.15, 0.2) is 18.2 Å². The van der Waals surface area contributed by atoms with E-state index >= 15 is 0 Å². The lowest BCUT2D eigenvalue weighted by molar-refractivity contribution is -0.125. The van der Waals surface area contributed by atoms with E-state index in [1.54, 1.807) is 37.1 Å². The van der Waals surface area contributed by atoms with Gasteiger partial charge in [0.25, 0.3) is 0 Å². The van der Waals surface area contributed by atoms with Gasteiger partial charge in [-0.1, -0.05) is 0 Å². The molecule has 0 radical (unpaired) electrons. The van der Waals surface area contributed by atoms with Crippen molar-refractivity contribution < 1.29 is 19.1 Å². The highest BCUT2D eigenvalue weighted by Crippen LogP contribution is 2.32. The molecule has 1 atom stereocenters. The van der Waals surface area contributed by atoms with Crippen LogP contribution in [0.4, 0.5) is 5.69 Å². The third-order valence-electron chi connectivity index (χ3n) is 3.76. The lowest BCUT2D eigenvalue weighted by Gasteiger charge is -2.26. The third kappa shape index (κ3) is 5.63. The molecule has 0 saturated carbocycles. The predicted molar refractivity (Wildman–Crippen MR) is 96.0 cm³/mol. The number of amides is 2. The molecule has 2 rings (SSSR count). The van der Waals surface area contributed by atoms with Crippen molar-refractivity contribution in [3.8, 4) is 11.5 Å². The van der Waals surface area contributed by atoms with Crippen LogP contribution in [-0.2, 0) is 9.59 Å². The van der Waals surface area contributed by atoms with E-state index in [0.717, 1.165) is 0 Å². The summed E-state index contributed by atoms with van der Waals surface area (Å²) in [5.74, 6) is 0.986. The number of nitrogens with one attached hydrogen (secondary N) is 2.